The lowest BCUT2D eigenvalue weighted by Crippen LogP contribution is -2.28. The van der Waals surface area contributed by atoms with E-state index in [0.29, 0.717) is 18.9 Å². The number of carbonyl (C=O) groups excluding carboxylic acids is 1. The van der Waals surface area contributed by atoms with Gasteiger partial charge in [0.2, 0.25) is 5.91 Å². The quantitative estimate of drug-likeness (QED) is 0.888. The lowest BCUT2D eigenvalue weighted by molar-refractivity contribution is -0.120. The summed E-state index contributed by atoms with van der Waals surface area (Å²) in [5, 5.41) is 3.02. The van der Waals surface area contributed by atoms with Crippen LogP contribution >= 0.6 is 0 Å². The van der Waals surface area contributed by atoms with Crippen molar-refractivity contribution in [3.63, 3.8) is 0 Å². The van der Waals surface area contributed by atoms with Crippen LogP contribution in [0.2, 0.25) is 0 Å². The van der Waals surface area contributed by atoms with Gasteiger partial charge in [0.1, 0.15) is 0 Å². The van der Waals surface area contributed by atoms with Crippen LogP contribution in [0.1, 0.15) is 35.1 Å². The third kappa shape index (κ3) is 4.45. The Kier molecular flexibility index (Phi) is 5.15. The molecule has 0 aliphatic carbocycles. The minimum Gasteiger partial charge on any atom is -0.355 e. The Labute approximate surface area is 127 Å². The van der Waals surface area contributed by atoms with E-state index >= 15 is 0 Å². The van der Waals surface area contributed by atoms with Crippen LogP contribution in [0.25, 0.3) is 0 Å². The largest absolute Gasteiger partial charge is 0.355 e. The molecule has 0 unspecified atom stereocenters. The summed E-state index contributed by atoms with van der Waals surface area (Å²) in [6.07, 6.45) is 0.447. The van der Waals surface area contributed by atoms with E-state index in [1.54, 1.807) is 0 Å². The zero-order valence-electron chi connectivity index (χ0n) is 13.0. The van der Waals surface area contributed by atoms with Crippen molar-refractivity contribution in [3.8, 4) is 0 Å². The number of nitrogens with one attached hydrogen (secondary N) is 1. The molecule has 110 valence electrons. The third-order valence-electron chi connectivity index (χ3n) is 3.91. The SMILES string of the molecule is Cc1ccc(CC(=O)NC[C@H](C)c2ccccc2)cc1C. The van der Waals surface area contributed by atoms with Crippen LogP contribution in [-0.2, 0) is 11.2 Å². The molecule has 0 radical (unpaired) electrons. The molecule has 0 saturated carbocycles. The number of benzene rings is 2. The summed E-state index contributed by atoms with van der Waals surface area (Å²) < 4.78 is 0. The van der Waals surface area contributed by atoms with Crippen molar-refractivity contribution in [3.05, 3.63) is 70.8 Å². The fourth-order valence-electron chi connectivity index (χ4n) is 2.33. The molecule has 1 amide bonds. The monoisotopic (exact) mass is 281 g/mol. The summed E-state index contributed by atoms with van der Waals surface area (Å²) in [4.78, 5) is 12.0. The number of carbonyl (C=O) groups is 1. The second-order valence-corrected chi connectivity index (χ2v) is 5.71. The molecule has 2 aromatic carbocycles. The highest BCUT2D eigenvalue weighted by Crippen LogP contribution is 2.13. The standard InChI is InChI=1S/C19H23NO/c1-14-9-10-17(11-15(14)2)12-19(21)20-13-16(3)18-7-5-4-6-8-18/h4-11,16H,12-13H2,1-3H3,(H,20,21)/t16-/m0/s1. The maximum atomic E-state index is 12.0. The van der Waals surface area contributed by atoms with Gasteiger partial charge in [0.05, 0.1) is 6.42 Å². The first kappa shape index (κ1) is 15.3. The average molecular weight is 281 g/mol. The van der Waals surface area contributed by atoms with E-state index < -0.39 is 0 Å². The van der Waals surface area contributed by atoms with Gasteiger partial charge >= 0.3 is 0 Å². The lowest BCUT2D eigenvalue weighted by atomic mass is 10.0. The van der Waals surface area contributed by atoms with Crippen molar-refractivity contribution in [1.82, 2.24) is 5.32 Å². The van der Waals surface area contributed by atoms with E-state index in [1.807, 2.05) is 24.3 Å². The Hall–Kier alpha value is -2.09. The summed E-state index contributed by atoms with van der Waals surface area (Å²) >= 11 is 0. The summed E-state index contributed by atoms with van der Waals surface area (Å²) in [6.45, 7) is 6.97. The molecule has 0 heterocycles. The van der Waals surface area contributed by atoms with E-state index in [1.165, 1.54) is 16.7 Å². The first-order chi connectivity index (χ1) is 10.1. The lowest BCUT2D eigenvalue weighted by Gasteiger charge is -2.13. The van der Waals surface area contributed by atoms with Gasteiger partial charge < -0.3 is 5.32 Å². The predicted molar refractivity (Wildman–Crippen MR) is 87.5 cm³/mol. The average Bonchev–Trinajstić information content (AvgIpc) is 2.49. The maximum Gasteiger partial charge on any atom is 0.224 e. The van der Waals surface area contributed by atoms with Gasteiger partial charge in [-0.1, -0.05) is 55.5 Å². The van der Waals surface area contributed by atoms with Crippen molar-refractivity contribution in [2.45, 2.75) is 33.1 Å². The number of aryl methyl sites for hydroxylation is 2. The van der Waals surface area contributed by atoms with Crippen molar-refractivity contribution < 1.29 is 4.79 Å². The van der Waals surface area contributed by atoms with Gasteiger partial charge in [-0.15, -0.1) is 0 Å². The molecule has 0 bridgehead atoms. The van der Waals surface area contributed by atoms with E-state index in [4.69, 9.17) is 0 Å². The molecule has 0 aliphatic heterocycles. The second-order valence-electron chi connectivity index (χ2n) is 5.71. The minimum atomic E-state index is 0.0843. The Balaban J connectivity index is 1.86. The van der Waals surface area contributed by atoms with Crippen LogP contribution in [0.4, 0.5) is 0 Å². The molecular formula is C19H23NO. The molecule has 0 aliphatic rings. The predicted octanol–water partition coefficient (Wildman–Crippen LogP) is 3.77. The van der Waals surface area contributed by atoms with Crippen LogP contribution in [0, 0.1) is 13.8 Å². The molecule has 0 spiro atoms. The highest BCUT2D eigenvalue weighted by Gasteiger charge is 2.08. The molecule has 1 N–H and O–H groups in total. The third-order valence-corrected chi connectivity index (χ3v) is 3.91. The molecule has 2 rings (SSSR count). The van der Waals surface area contributed by atoms with Crippen LogP contribution in [0.5, 0.6) is 0 Å². The fraction of sp³-hybridized carbons (Fsp3) is 0.316. The first-order valence-corrected chi connectivity index (χ1v) is 7.44. The van der Waals surface area contributed by atoms with E-state index in [9.17, 15) is 4.79 Å². The highest BCUT2D eigenvalue weighted by molar-refractivity contribution is 5.78. The molecular weight excluding hydrogens is 258 g/mol. The summed E-state index contributed by atoms with van der Waals surface area (Å²) in [6, 6.07) is 16.5. The Morgan fingerprint density at radius 2 is 1.76 bits per heavy atom. The normalized spacial score (nSPS) is 12.0. The molecule has 2 heteroatoms. The van der Waals surface area contributed by atoms with Gasteiger partial charge in [-0.3, -0.25) is 4.79 Å². The second kappa shape index (κ2) is 7.07. The van der Waals surface area contributed by atoms with Crippen LogP contribution < -0.4 is 5.32 Å². The molecule has 1 atom stereocenters. The van der Waals surface area contributed by atoms with E-state index in [2.05, 4.69) is 50.4 Å². The van der Waals surface area contributed by atoms with E-state index in [-0.39, 0.29) is 5.91 Å². The van der Waals surface area contributed by atoms with Crippen molar-refractivity contribution >= 4 is 5.91 Å². The first-order valence-electron chi connectivity index (χ1n) is 7.44. The van der Waals surface area contributed by atoms with Gasteiger partial charge in [-0.05, 0) is 42.0 Å². The zero-order valence-corrected chi connectivity index (χ0v) is 13.0. The van der Waals surface area contributed by atoms with Crippen LogP contribution in [0.3, 0.4) is 0 Å². The fourth-order valence-corrected chi connectivity index (χ4v) is 2.33. The van der Waals surface area contributed by atoms with Gasteiger partial charge in [0.15, 0.2) is 0 Å². The van der Waals surface area contributed by atoms with Crippen molar-refractivity contribution in [2.75, 3.05) is 6.54 Å². The topological polar surface area (TPSA) is 29.1 Å². The van der Waals surface area contributed by atoms with E-state index in [0.717, 1.165) is 5.56 Å². The highest BCUT2D eigenvalue weighted by atomic mass is 16.1. The Morgan fingerprint density at radius 3 is 2.43 bits per heavy atom. The maximum absolute atomic E-state index is 12.0. The van der Waals surface area contributed by atoms with Gasteiger partial charge in [0, 0.05) is 6.54 Å². The summed E-state index contributed by atoms with van der Waals surface area (Å²) in [5.41, 5.74) is 4.82. The molecule has 0 fully saturated rings. The van der Waals surface area contributed by atoms with Crippen molar-refractivity contribution in [2.24, 2.45) is 0 Å². The molecule has 2 nitrogen and oxygen atoms in total. The number of hydrogen-bond donors (Lipinski definition) is 1. The molecule has 2 aromatic rings. The zero-order chi connectivity index (χ0) is 15.2. The Morgan fingerprint density at radius 1 is 1.05 bits per heavy atom. The van der Waals surface area contributed by atoms with Crippen LogP contribution in [0.15, 0.2) is 48.5 Å². The Bertz CT molecular complexity index is 604. The molecule has 0 aromatic heterocycles. The molecule has 21 heavy (non-hydrogen) atoms. The number of rotatable bonds is 5. The summed E-state index contributed by atoms with van der Waals surface area (Å²) in [5.74, 6) is 0.413. The smallest absolute Gasteiger partial charge is 0.224 e. The molecule has 0 saturated heterocycles. The van der Waals surface area contributed by atoms with Gasteiger partial charge in [-0.2, -0.15) is 0 Å². The van der Waals surface area contributed by atoms with Crippen LogP contribution in [-0.4, -0.2) is 12.5 Å². The number of hydrogen-bond acceptors (Lipinski definition) is 1. The number of amides is 1. The van der Waals surface area contributed by atoms with Gasteiger partial charge in [0.25, 0.3) is 0 Å². The van der Waals surface area contributed by atoms with Gasteiger partial charge in [-0.25, -0.2) is 0 Å². The summed E-state index contributed by atoms with van der Waals surface area (Å²) in [7, 11) is 0. The minimum absolute atomic E-state index is 0.0843. The van der Waals surface area contributed by atoms with Crippen molar-refractivity contribution in [1.29, 1.82) is 0 Å².